The summed E-state index contributed by atoms with van der Waals surface area (Å²) in [4.78, 5) is 7.27. The van der Waals surface area contributed by atoms with Gasteiger partial charge in [0.25, 0.3) is 0 Å². The predicted molar refractivity (Wildman–Crippen MR) is 27.2 cm³/mol. The summed E-state index contributed by atoms with van der Waals surface area (Å²) in [6.07, 6.45) is -4.45. The second-order valence-corrected chi connectivity index (χ2v) is 1.82. The second kappa shape index (κ2) is 2.12. The summed E-state index contributed by atoms with van der Waals surface area (Å²) in [5.74, 6) is -1.17. The van der Waals surface area contributed by atoms with E-state index in [1.807, 2.05) is 0 Å². The summed E-state index contributed by atoms with van der Waals surface area (Å²) >= 11 is 0. The van der Waals surface area contributed by atoms with Crippen molar-refractivity contribution in [2.45, 2.75) is 6.18 Å². The minimum Gasteiger partial charge on any atom is -0.379 e. The van der Waals surface area contributed by atoms with Gasteiger partial charge in [0.05, 0.1) is 0 Å². The third-order valence-electron chi connectivity index (χ3n) is 0.898. The zero-order valence-electron chi connectivity index (χ0n) is 5.14. The highest BCUT2D eigenvalue weighted by Gasteiger charge is 2.41. The minimum absolute atomic E-state index is 0.0607. The van der Waals surface area contributed by atoms with Crippen molar-refractivity contribution >= 4 is 5.90 Å². The number of alkyl halides is 3. The molecule has 1 rings (SSSR count). The highest BCUT2D eigenvalue weighted by atomic mass is 19.4. The van der Waals surface area contributed by atoms with Crippen molar-refractivity contribution in [2.75, 3.05) is 13.7 Å². The average molecular weight is 154 g/mol. The lowest BCUT2D eigenvalue weighted by atomic mass is 10.6. The Bertz CT molecular complexity index is 164. The van der Waals surface area contributed by atoms with Gasteiger partial charge in [-0.2, -0.15) is 13.2 Å². The predicted octanol–water partition coefficient (Wildman–Crippen LogP) is 0.782. The third kappa shape index (κ3) is 1.38. The van der Waals surface area contributed by atoms with Crippen molar-refractivity contribution < 1.29 is 18.0 Å². The van der Waals surface area contributed by atoms with Crippen LogP contribution < -0.4 is 0 Å². The first-order valence-electron chi connectivity index (χ1n) is 2.51. The molecule has 0 atom stereocenters. The molecule has 0 N–H and O–H groups in total. The molecule has 0 fully saturated rings. The van der Waals surface area contributed by atoms with Crippen LogP contribution in [0.25, 0.3) is 0 Å². The largest absolute Gasteiger partial charge is 0.470 e. The summed E-state index contributed by atoms with van der Waals surface area (Å²) in [7, 11) is 1.38. The van der Waals surface area contributed by atoms with Gasteiger partial charge in [-0.3, -0.25) is 0 Å². The molecule has 3 nitrogen and oxygen atoms in total. The first kappa shape index (κ1) is 7.33. The van der Waals surface area contributed by atoms with E-state index < -0.39 is 12.1 Å². The molecule has 10 heavy (non-hydrogen) atoms. The number of hydrogen-bond acceptors (Lipinski definition) is 3. The molecule has 0 spiro atoms. The molecule has 1 aliphatic heterocycles. The lowest BCUT2D eigenvalue weighted by Gasteiger charge is -2.08. The van der Waals surface area contributed by atoms with Crippen LogP contribution >= 0.6 is 0 Å². The Kier molecular flexibility index (Phi) is 1.55. The fraction of sp³-hybridized carbons (Fsp3) is 0.750. The van der Waals surface area contributed by atoms with Crippen molar-refractivity contribution in [1.29, 1.82) is 0 Å². The SMILES string of the molecule is CN1CN=C(C(F)(F)F)O1. The Hall–Kier alpha value is -0.780. The van der Waals surface area contributed by atoms with Gasteiger partial charge in [0.1, 0.15) is 6.67 Å². The van der Waals surface area contributed by atoms with E-state index in [2.05, 4.69) is 9.83 Å². The molecule has 0 bridgehead atoms. The highest BCUT2D eigenvalue weighted by Crippen LogP contribution is 2.21. The molecule has 0 aromatic carbocycles. The van der Waals surface area contributed by atoms with Crippen LogP contribution in [0.3, 0.4) is 0 Å². The van der Waals surface area contributed by atoms with Crippen LogP contribution in [-0.2, 0) is 4.84 Å². The van der Waals surface area contributed by atoms with Crippen LogP contribution in [0.2, 0.25) is 0 Å². The lowest BCUT2D eigenvalue weighted by Crippen LogP contribution is -2.26. The van der Waals surface area contributed by atoms with Crippen LogP contribution in [0, 0.1) is 0 Å². The average Bonchev–Trinajstić information content (AvgIpc) is 2.11. The van der Waals surface area contributed by atoms with Crippen LogP contribution in [0.1, 0.15) is 0 Å². The molecule has 0 aromatic heterocycles. The van der Waals surface area contributed by atoms with Gasteiger partial charge in [0.15, 0.2) is 0 Å². The Labute approximate surface area is 55.0 Å². The van der Waals surface area contributed by atoms with Gasteiger partial charge in [0.2, 0.25) is 0 Å². The summed E-state index contributed by atoms with van der Waals surface area (Å²) < 4.78 is 35.0. The Morgan fingerprint density at radius 1 is 1.60 bits per heavy atom. The lowest BCUT2D eigenvalue weighted by molar-refractivity contribution is -0.111. The van der Waals surface area contributed by atoms with Gasteiger partial charge in [-0.25, -0.2) is 4.99 Å². The topological polar surface area (TPSA) is 24.8 Å². The van der Waals surface area contributed by atoms with E-state index in [1.54, 1.807) is 0 Å². The molecule has 1 aliphatic rings. The van der Waals surface area contributed by atoms with E-state index in [1.165, 1.54) is 7.05 Å². The maximum absolute atomic E-state index is 11.7. The molecule has 0 radical (unpaired) electrons. The molecule has 0 saturated carbocycles. The normalized spacial score (nSPS) is 20.6. The molecular formula is C4H5F3N2O. The van der Waals surface area contributed by atoms with Gasteiger partial charge in [-0.15, -0.1) is 5.06 Å². The van der Waals surface area contributed by atoms with Crippen molar-refractivity contribution in [1.82, 2.24) is 5.06 Å². The molecule has 0 aromatic rings. The van der Waals surface area contributed by atoms with Crippen LogP contribution in [0.5, 0.6) is 0 Å². The van der Waals surface area contributed by atoms with E-state index in [9.17, 15) is 13.2 Å². The molecule has 58 valence electrons. The number of hydroxylamine groups is 2. The van der Waals surface area contributed by atoms with Crippen molar-refractivity contribution in [3.63, 3.8) is 0 Å². The van der Waals surface area contributed by atoms with Crippen molar-refractivity contribution in [3.8, 4) is 0 Å². The maximum atomic E-state index is 11.7. The van der Waals surface area contributed by atoms with E-state index >= 15 is 0 Å². The first-order valence-corrected chi connectivity index (χ1v) is 2.51. The van der Waals surface area contributed by atoms with E-state index in [-0.39, 0.29) is 6.67 Å². The van der Waals surface area contributed by atoms with Gasteiger partial charge in [-0.05, 0) is 0 Å². The fourth-order valence-corrected chi connectivity index (χ4v) is 0.511. The molecule has 0 unspecified atom stereocenters. The fourth-order valence-electron chi connectivity index (χ4n) is 0.511. The monoisotopic (exact) mass is 154 g/mol. The van der Waals surface area contributed by atoms with Gasteiger partial charge in [-0.1, -0.05) is 0 Å². The van der Waals surface area contributed by atoms with Crippen molar-refractivity contribution in [3.05, 3.63) is 0 Å². The smallest absolute Gasteiger partial charge is 0.379 e. The number of rotatable bonds is 0. The second-order valence-electron chi connectivity index (χ2n) is 1.82. The van der Waals surface area contributed by atoms with Crippen LogP contribution in [0.15, 0.2) is 4.99 Å². The summed E-state index contributed by atoms with van der Waals surface area (Å²) in [5, 5.41) is 1.00. The molecule has 6 heteroatoms. The zero-order valence-corrected chi connectivity index (χ0v) is 5.14. The minimum atomic E-state index is -4.45. The Morgan fingerprint density at radius 2 is 2.20 bits per heavy atom. The number of hydrogen-bond donors (Lipinski definition) is 0. The van der Waals surface area contributed by atoms with Crippen molar-refractivity contribution in [2.24, 2.45) is 4.99 Å². The summed E-state index contributed by atoms with van der Waals surface area (Å²) in [5.41, 5.74) is 0. The Balaban J connectivity index is 2.60. The number of aliphatic imine (C=N–C) groups is 1. The number of nitrogens with zero attached hydrogens (tertiary/aromatic N) is 2. The molecule has 0 saturated heterocycles. The standard InChI is InChI=1S/C4H5F3N2O/c1-9-2-8-3(10-9)4(5,6)7/h2H2,1H3. The van der Waals surface area contributed by atoms with Crippen LogP contribution in [0.4, 0.5) is 13.2 Å². The first-order chi connectivity index (χ1) is 4.50. The summed E-state index contributed by atoms with van der Waals surface area (Å²) in [6, 6.07) is 0. The summed E-state index contributed by atoms with van der Waals surface area (Å²) in [6.45, 7) is -0.0607. The molecule has 0 amide bonds. The number of halogens is 3. The van der Waals surface area contributed by atoms with Gasteiger partial charge in [0, 0.05) is 7.05 Å². The zero-order chi connectivity index (χ0) is 7.78. The van der Waals surface area contributed by atoms with E-state index in [4.69, 9.17) is 0 Å². The van der Waals surface area contributed by atoms with E-state index in [0.717, 1.165) is 5.06 Å². The maximum Gasteiger partial charge on any atom is 0.470 e. The molecule has 0 aliphatic carbocycles. The Morgan fingerprint density at radius 3 is 2.40 bits per heavy atom. The third-order valence-corrected chi connectivity index (χ3v) is 0.898. The van der Waals surface area contributed by atoms with Gasteiger partial charge < -0.3 is 4.84 Å². The van der Waals surface area contributed by atoms with Crippen LogP contribution in [-0.4, -0.2) is 30.9 Å². The van der Waals surface area contributed by atoms with Gasteiger partial charge >= 0.3 is 12.1 Å². The van der Waals surface area contributed by atoms with E-state index in [0.29, 0.717) is 0 Å². The quantitative estimate of drug-likeness (QED) is 0.515. The molecule has 1 heterocycles. The highest BCUT2D eigenvalue weighted by molar-refractivity contribution is 5.82. The molecular weight excluding hydrogens is 149 g/mol.